The van der Waals surface area contributed by atoms with Crippen LogP contribution in [0.25, 0.3) is 0 Å². The first-order chi connectivity index (χ1) is 5.81. The van der Waals surface area contributed by atoms with Gasteiger partial charge in [-0.25, -0.2) is 4.98 Å². The maximum atomic E-state index is 9.55. The number of hydrogen-bond acceptors (Lipinski definition) is 3. The van der Waals surface area contributed by atoms with Crippen molar-refractivity contribution < 1.29 is 5.11 Å². The summed E-state index contributed by atoms with van der Waals surface area (Å²) in [6, 6.07) is 0. The maximum Gasteiger partial charge on any atom is 0.138 e. The van der Waals surface area contributed by atoms with Crippen LogP contribution in [0.2, 0.25) is 0 Å². The summed E-state index contributed by atoms with van der Waals surface area (Å²) in [4.78, 5) is 4.24. The third kappa shape index (κ3) is 1.13. The second-order valence-corrected chi connectivity index (χ2v) is 3.15. The van der Waals surface area contributed by atoms with Crippen molar-refractivity contribution in [2.45, 2.75) is 32.0 Å². The van der Waals surface area contributed by atoms with Gasteiger partial charge in [0.25, 0.3) is 0 Å². The van der Waals surface area contributed by atoms with Crippen LogP contribution >= 0.6 is 0 Å². The van der Waals surface area contributed by atoms with Gasteiger partial charge in [-0.2, -0.15) is 0 Å². The van der Waals surface area contributed by atoms with Crippen molar-refractivity contribution >= 4 is 0 Å². The molecule has 0 saturated carbocycles. The summed E-state index contributed by atoms with van der Waals surface area (Å²) in [6.07, 6.45) is 3.38. The molecule has 1 aliphatic heterocycles. The molecule has 1 aromatic rings. The largest absolute Gasteiger partial charge is 0.385 e. The summed E-state index contributed by atoms with van der Waals surface area (Å²) < 4.78 is 2.00. The molecule has 0 spiro atoms. The van der Waals surface area contributed by atoms with E-state index in [1.165, 1.54) is 0 Å². The van der Waals surface area contributed by atoms with E-state index in [9.17, 15) is 5.11 Å². The summed E-state index contributed by atoms with van der Waals surface area (Å²) in [5, 5.41) is 9.55. The lowest BCUT2D eigenvalue weighted by atomic mass is 10.1. The van der Waals surface area contributed by atoms with Crippen molar-refractivity contribution in [3.05, 3.63) is 17.7 Å². The van der Waals surface area contributed by atoms with Gasteiger partial charge in [0.2, 0.25) is 0 Å². The Kier molecular flexibility index (Phi) is 1.86. The van der Waals surface area contributed by atoms with Crippen molar-refractivity contribution in [1.82, 2.24) is 9.55 Å². The molecule has 0 amide bonds. The highest BCUT2D eigenvalue weighted by Crippen LogP contribution is 2.23. The van der Waals surface area contributed by atoms with Gasteiger partial charge in [-0.3, -0.25) is 0 Å². The predicted octanol–water partition coefficient (Wildman–Crippen LogP) is 0.169. The van der Waals surface area contributed by atoms with Crippen LogP contribution < -0.4 is 5.73 Å². The standard InChI is InChI=1S/C8H13N3O/c9-4-6-5-11-3-1-2-7(12)8(11)10-6/h5,7,12H,1-4,9H2. The Bertz CT molecular complexity index is 282. The average Bonchev–Trinajstić information content (AvgIpc) is 2.49. The minimum atomic E-state index is -0.390. The van der Waals surface area contributed by atoms with Gasteiger partial charge in [0.15, 0.2) is 0 Å². The number of aliphatic hydroxyl groups excluding tert-OH is 1. The highest BCUT2D eigenvalue weighted by atomic mass is 16.3. The number of hydrogen-bond donors (Lipinski definition) is 2. The molecule has 3 N–H and O–H groups in total. The molecule has 2 rings (SSSR count). The molecular formula is C8H13N3O. The van der Waals surface area contributed by atoms with E-state index in [-0.39, 0.29) is 6.10 Å². The Balaban J connectivity index is 2.37. The van der Waals surface area contributed by atoms with Gasteiger partial charge < -0.3 is 15.4 Å². The minimum Gasteiger partial charge on any atom is -0.385 e. The molecule has 1 aliphatic rings. The number of aliphatic hydroxyl groups is 1. The molecule has 1 aromatic heterocycles. The SMILES string of the molecule is NCc1cn2c(n1)C(O)CCC2. The van der Waals surface area contributed by atoms with Gasteiger partial charge in [0, 0.05) is 19.3 Å². The number of aryl methyl sites for hydroxylation is 1. The van der Waals surface area contributed by atoms with E-state index >= 15 is 0 Å². The Morgan fingerprint density at radius 2 is 2.58 bits per heavy atom. The molecule has 1 unspecified atom stereocenters. The Morgan fingerprint density at radius 3 is 3.25 bits per heavy atom. The summed E-state index contributed by atoms with van der Waals surface area (Å²) in [7, 11) is 0. The molecule has 0 bridgehead atoms. The van der Waals surface area contributed by atoms with Gasteiger partial charge in [0.1, 0.15) is 11.9 Å². The second-order valence-electron chi connectivity index (χ2n) is 3.15. The smallest absolute Gasteiger partial charge is 0.138 e. The van der Waals surface area contributed by atoms with E-state index in [0.717, 1.165) is 30.9 Å². The highest BCUT2D eigenvalue weighted by Gasteiger charge is 2.19. The second kappa shape index (κ2) is 2.88. The van der Waals surface area contributed by atoms with Crippen LogP contribution in [0.3, 0.4) is 0 Å². The zero-order valence-electron chi connectivity index (χ0n) is 6.90. The first kappa shape index (κ1) is 7.76. The van der Waals surface area contributed by atoms with Crippen LogP contribution in [0.4, 0.5) is 0 Å². The summed E-state index contributed by atoms with van der Waals surface area (Å²) in [5.41, 5.74) is 6.32. The molecule has 66 valence electrons. The fourth-order valence-electron chi connectivity index (χ4n) is 1.61. The Morgan fingerprint density at radius 1 is 1.75 bits per heavy atom. The minimum absolute atomic E-state index is 0.390. The summed E-state index contributed by atoms with van der Waals surface area (Å²) in [5.74, 6) is 0.779. The topological polar surface area (TPSA) is 64.1 Å². The lowest BCUT2D eigenvalue weighted by Crippen LogP contribution is -2.14. The van der Waals surface area contributed by atoms with Crippen molar-refractivity contribution in [2.24, 2.45) is 5.73 Å². The molecule has 0 radical (unpaired) electrons. The molecular weight excluding hydrogens is 154 g/mol. The normalized spacial score (nSPS) is 22.3. The number of aromatic nitrogens is 2. The zero-order valence-corrected chi connectivity index (χ0v) is 6.90. The molecule has 12 heavy (non-hydrogen) atoms. The van der Waals surface area contributed by atoms with E-state index in [0.29, 0.717) is 6.54 Å². The van der Waals surface area contributed by atoms with Crippen molar-refractivity contribution in [3.8, 4) is 0 Å². The van der Waals surface area contributed by atoms with E-state index in [1.807, 2.05) is 10.8 Å². The van der Waals surface area contributed by atoms with E-state index < -0.39 is 0 Å². The van der Waals surface area contributed by atoms with E-state index in [1.54, 1.807) is 0 Å². The van der Waals surface area contributed by atoms with Crippen LogP contribution in [0.1, 0.15) is 30.5 Å². The number of imidazole rings is 1. The molecule has 0 aromatic carbocycles. The van der Waals surface area contributed by atoms with Crippen LogP contribution in [0.15, 0.2) is 6.20 Å². The maximum absolute atomic E-state index is 9.55. The molecule has 0 fully saturated rings. The summed E-state index contributed by atoms with van der Waals surface area (Å²) in [6.45, 7) is 1.41. The fraction of sp³-hybridized carbons (Fsp3) is 0.625. The van der Waals surface area contributed by atoms with Crippen LogP contribution in [0.5, 0.6) is 0 Å². The third-order valence-corrected chi connectivity index (χ3v) is 2.24. The summed E-state index contributed by atoms with van der Waals surface area (Å²) >= 11 is 0. The molecule has 4 nitrogen and oxygen atoms in total. The van der Waals surface area contributed by atoms with Gasteiger partial charge >= 0.3 is 0 Å². The molecule has 0 saturated heterocycles. The zero-order chi connectivity index (χ0) is 8.55. The van der Waals surface area contributed by atoms with Crippen LogP contribution in [-0.2, 0) is 13.1 Å². The van der Waals surface area contributed by atoms with Crippen molar-refractivity contribution in [1.29, 1.82) is 0 Å². The van der Waals surface area contributed by atoms with Crippen LogP contribution in [-0.4, -0.2) is 14.7 Å². The Labute approximate surface area is 71.0 Å². The van der Waals surface area contributed by atoms with E-state index in [2.05, 4.69) is 4.98 Å². The lowest BCUT2D eigenvalue weighted by molar-refractivity contribution is 0.133. The van der Waals surface area contributed by atoms with Gasteiger partial charge in [-0.05, 0) is 12.8 Å². The number of fused-ring (bicyclic) bond motifs is 1. The van der Waals surface area contributed by atoms with Crippen LogP contribution in [0, 0.1) is 0 Å². The average molecular weight is 167 g/mol. The molecule has 0 aliphatic carbocycles. The lowest BCUT2D eigenvalue weighted by Gasteiger charge is -2.18. The first-order valence-electron chi connectivity index (χ1n) is 4.25. The third-order valence-electron chi connectivity index (χ3n) is 2.24. The number of nitrogens with zero attached hydrogens (tertiary/aromatic N) is 2. The molecule has 1 atom stereocenters. The van der Waals surface area contributed by atoms with Gasteiger partial charge in [-0.15, -0.1) is 0 Å². The van der Waals surface area contributed by atoms with Crippen molar-refractivity contribution in [2.75, 3.05) is 0 Å². The molecule has 2 heterocycles. The quantitative estimate of drug-likeness (QED) is 0.626. The van der Waals surface area contributed by atoms with Gasteiger partial charge in [-0.1, -0.05) is 0 Å². The number of nitrogens with two attached hydrogens (primary N) is 1. The first-order valence-corrected chi connectivity index (χ1v) is 4.25. The monoisotopic (exact) mass is 167 g/mol. The van der Waals surface area contributed by atoms with E-state index in [4.69, 9.17) is 5.73 Å². The molecule has 4 heteroatoms. The number of rotatable bonds is 1. The van der Waals surface area contributed by atoms with Gasteiger partial charge in [0.05, 0.1) is 5.69 Å². The highest BCUT2D eigenvalue weighted by molar-refractivity contribution is 5.07. The predicted molar refractivity (Wildman–Crippen MR) is 44.3 cm³/mol. The van der Waals surface area contributed by atoms with Crippen molar-refractivity contribution in [3.63, 3.8) is 0 Å². The fourth-order valence-corrected chi connectivity index (χ4v) is 1.61. The Hall–Kier alpha value is -0.870.